The van der Waals surface area contributed by atoms with E-state index >= 15 is 0 Å². The van der Waals surface area contributed by atoms with Gasteiger partial charge >= 0.3 is 5.97 Å². The summed E-state index contributed by atoms with van der Waals surface area (Å²) in [7, 11) is 1.56. The predicted octanol–water partition coefficient (Wildman–Crippen LogP) is 6.18. The lowest BCUT2D eigenvalue weighted by atomic mass is 10.0. The first kappa shape index (κ1) is 24.9. The Morgan fingerprint density at radius 2 is 1.00 bits per heavy atom. The van der Waals surface area contributed by atoms with E-state index in [2.05, 4.69) is 6.92 Å². The summed E-state index contributed by atoms with van der Waals surface area (Å²) in [6, 6.07) is 0. The second-order valence-corrected chi connectivity index (χ2v) is 7.70. The van der Waals surface area contributed by atoms with Crippen molar-refractivity contribution in [2.24, 2.45) is 0 Å². The number of carboxylic acid groups (broad SMARTS) is 1. The van der Waals surface area contributed by atoms with Crippen molar-refractivity contribution in [2.75, 3.05) is 13.6 Å². The van der Waals surface area contributed by atoms with Crippen molar-refractivity contribution in [1.82, 2.24) is 4.90 Å². The van der Waals surface area contributed by atoms with Crippen molar-refractivity contribution in [2.45, 2.75) is 116 Å². The van der Waals surface area contributed by atoms with Crippen molar-refractivity contribution in [1.29, 1.82) is 0 Å². The molecular formula is C22H43NO3. The lowest BCUT2D eigenvalue weighted by molar-refractivity contribution is -0.143. The second-order valence-electron chi connectivity index (χ2n) is 7.70. The SMILES string of the molecule is CCCCCCCCCCCCCCCCCCC(=O)N(C)CC(=O)O. The fourth-order valence-corrected chi connectivity index (χ4v) is 3.31. The Labute approximate surface area is 161 Å². The standard InChI is InChI=1S/C22H43NO3/c1-3-4-5-6-7-8-9-10-11-12-13-14-15-16-17-18-19-21(24)23(2)20-22(25)26/h3-20H2,1-2H3,(H,25,26). The molecule has 0 heterocycles. The fraction of sp³-hybridized carbons (Fsp3) is 0.909. The van der Waals surface area contributed by atoms with Crippen molar-refractivity contribution >= 4 is 11.9 Å². The molecule has 0 radical (unpaired) electrons. The normalized spacial score (nSPS) is 10.8. The van der Waals surface area contributed by atoms with Crippen LogP contribution in [0.1, 0.15) is 116 Å². The number of nitrogens with zero attached hydrogens (tertiary/aromatic N) is 1. The zero-order chi connectivity index (χ0) is 19.5. The molecule has 4 nitrogen and oxygen atoms in total. The summed E-state index contributed by atoms with van der Waals surface area (Å²) in [6.45, 7) is 2.07. The number of rotatable bonds is 19. The second kappa shape index (κ2) is 18.7. The number of carboxylic acids is 1. The van der Waals surface area contributed by atoms with E-state index in [1.54, 1.807) is 7.05 Å². The number of hydrogen-bond donors (Lipinski definition) is 1. The molecule has 0 aromatic heterocycles. The number of unbranched alkanes of at least 4 members (excludes halogenated alkanes) is 15. The Bertz CT molecular complexity index is 344. The van der Waals surface area contributed by atoms with E-state index in [4.69, 9.17) is 5.11 Å². The van der Waals surface area contributed by atoms with Crippen LogP contribution >= 0.6 is 0 Å². The van der Waals surface area contributed by atoms with Crippen LogP contribution in [0.15, 0.2) is 0 Å². The van der Waals surface area contributed by atoms with Crippen LogP contribution in [0.2, 0.25) is 0 Å². The summed E-state index contributed by atoms with van der Waals surface area (Å²) in [5.41, 5.74) is 0. The minimum absolute atomic E-state index is 0.0576. The van der Waals surface area contributed by atoms with Gasteiger partial charge in [0.15, 0.2) is 0 Å². The molecule has 0 saturated heterocycles. The Kier molecular flexibility index (Phi) is 18.0. The molecule has 0 rings (SSSR count). The van der Waals surface area contributed by atoms with Gasteiger partial charge in [-0.25, -0.2) is 0 Å². The van der Waals surface area contributed by atoms with E-state index in [9.17, 15) is 9.59 Å². The molecule has 0 spiro atoms. The molecule has 0 aromatic rings. The molecular weight excluding hydrogens is 326 g/mol. The highest BCUT2D eigenvalue weighted by molar-refractivity contribution is 5.80. The van der Waals surface area contributed by atoms with Gasteiger partial charge in [0.2, 0.25) is 5.91 Å². The van der Waals surface area contributed by atoms with Crippen LogP contribution in [0.5, 0.6) is 0 Å². The molecule has 0 fully saturated rings. The lowest BCUT2D eigenvalue weighted by Crippen LogP contribution is -2.31. The smallest absolute Gasteiger partial charge is 0.323 e. The number of aliphatic carboxylic acids is 1. The molecule has 0 unspecified atom stereocenters. The molecule has 4 heteroatoms. The van der Waals surface area contributed by atoms with Crippen molar-refractivity contribution < 1.29 is 14.7 Å². The third-order valence-corrected chi connectivity index (χ3v) is 5.04. The quantitative estimate of drug-likeness (QED) is 0.276. The van der Waals surface area contributed by atoms with Gasteiger partial charge in [-0.05, 0) is 6.42 Å². The van der Waals surface area contributed by atoms with Gasteiger partial charge in [-0.15, -0.1) is 0 Å². The van der Waals surface area contributed by atoms with Gasteiger partial charge in [0, 0.05) is 13.5 Å². The van der Waals surface area contributed by atoms with Gasteiger partial charge in [-0.1, -0.05) is 103 Å². The van der Waals surface area contributed by atoms with Crippen LogP contribution in [0.25, 0.3) is 0 Å². The van der Waals surface area contributed by atoms with Gasteiger partial charge in [-0.2, -0.15) is 0 Å². The van der Waals surface area contributed by atoms with E-state index in [1.165, 1.54) is 94.8 Å². The van der Waals surface area contributed by atoms with Gasteiger partial charge in [0.25, 0.3) is 0 Å². The molecule has 1 N–H and O–H groups in total. The molecule has 1 amide bonds. The van der Waals surface area contributed by atoms with Crippen LogP contribution in [0.3, 0.4) is 0 Å². The average molecular weight is 370 g/mol. The van der Waals surface area contributed by atoms with Crippen LogP contribution < -0.4 is 0 Å². The zero-order valence-corrected chi connectivity index (χ0v) is 17.4. The van der Waals surface area contributed by atoms with E-state index in [0.29, 0.717) is 6.42 Å². The summed E-state index contributed by atoms with van der Waals surface area (Å²) >= 11 is 0. The minimum Gasteiger partial charge on any atom is -0.480 e. The Balaban J connectivity index is 3.20. The number of carbonyl (C=O) groups excluding carboxylic acids is 1. The highest BCUT2D eigenvalue weighted by atomic mass is 16.4. The molecule has 154 valence electrons. The number of carbonyl (C=O) groups is 2. The number of likely N-dealkylation sites (N-methyl/N-ethyl adjacent to an activating group) is 1. The topological polar surface area (TPSA) is 57.6 Å². The minimum atomic E-state index is -0.951. The van der Waals surface area contributed by atoms with Crippen LogP contribution in [-0.2, 0) is 9.59 Å². The summed E-state index contributed by atoms with van der Waals surface area (Å²) in [5, 5.41) is 8.65. The van der Waals surface area contributed by atoms with Gasteiger partial charge in [0.05, 0.1) is 0 Å². The van der Waals surface area contributed by atoms with E-state index in [0.717, 1.165) is 12.8 Å². The summed E-state index contributed by atoms with van der Waals surface area (Å²) < 4.78 is 0. The largest absolute Gasteiger partial charge is 0.480 e. The van der Waals surface area contributed by atoms with E-state index in [1.807, 2.05) is 0 Å². The lowest BCUT2D eigenvalue weighted by Gasteiger charge is -2.14. The van der Waals surface area contributed by atoms with E-state index < -0.39 is 5.97 Å². The molecule has 0 aromatic carbocycles. The summed E-state index contributed by atoms with van der Waals surface area (Å²) in [4.78, 5) is 23.5. The van der Waals surface area contributed by atoms with Crippen molar-refractivity contribution in [3.05, 3.63) is 0 Å². The summed E-state index contributed by atoms with van der Waals surface area (Å²) in [5.74, 6) is -1.01. The number of amides is 1. The average Bonchev–Trinajstić information content (AvgIpc) is 2.60. The monoisotopic (exact) mass is 369 g/mol. The molecule has 0 atom stereocenters. The molecule has 0 aliphatic carbocycles. The molecule has 26 heavy (non-hydrogen) atoms. The fourth-order valence-electron chi connectivity index (χ4n) is 3.31. The maximum atomic E-state index is 11.7. The van der Waals surface area contributed by atoms with Crippen LogP contribution in [-0.4, -0.2) is 35.5 Å². The van der Waals surface area contributed by atoms with Gasteiger partial charge in [-0.3, -0.25) is 9.59 Å². The molecule has 0 bridgehead atoms. The first-order valence-corrected chi connectivity index (χ1v) is 11.0. The highest BCUT2D eigenvalue weighted by Gasteiger charge is 2.10. The maximum absolute atomic E-state index is 11.7. The van der Waals surface area contributed by atoms with Crippen molar-refractivity contribution in [3.8, 4) is 0 Å². The Morgan fingerprint density at radius 3 is 1.35 bits per heavy atom. The third-order valence-electron chi connectivity index (χ3n) is 5.04. The summed E-state index contributed by atoms with van der Waals surface area (Å²) in [6.07, 6.45) is 21.5. The molecule has 0 aliphatic rings. The third kappa shape index (κ3) is 17.8. The number of hydrogen-bond acceptors (Lipinski definition) is 2. The Morgan fingerprint density at radius 1 is 0.654 bits per heavy atom. The zero-order valence-electron chi connectivity index (χ0n) is 17.4. The molecule has 0 saturated carbocycles. The molecule has 0 aliphatic heterocycles. The van der Waals surface area contributed by atoms with Gasteiger partial charge in [0.1, 0.15) is 6.54 Å². The van der Waals surface area contributed by atoms with Crippen LogP contribution in [0.4, 0.5) is 0 Å². The van der Waals surface area contributed by atoms with Crippen molar-refractivity contribution in [3.63, 3.8) is 0 Å². The Hall–Kier alpha value is -1.06. The first-order valence-electron chi connectivity index (χ1n) is 11.0. The predicted molar refractivity (Wildman–Crippen MR) is 109 cm³/mol. The highest BCUT2D eigenvalue weighted by Crippen LogP contribution is 2.14. The maximum Gasteiger partial charge on any atom is 0.323 e. The van der Waals surface area contributed by atoms with Crippen LogP contribution in [0, 0.1) is 0 Å². The van der Waals surface area contributed by atoms with E-state index in [-0.39, 0.29) is 12.5 Å². The first-order chi connectivity index (χ1) is 12.6. The van der Waals surface area contributed by atoms with Gasteiger partial charge < -0.3 is 10.0 Å².